The van der Waals surface area contributed by atoms with Gasteiger partial charge in [0.1, 0.15) is 0 Å². The SMILES string of the molecule is CCN1C(=O)C(N=O)C(=O)N(CC)C1=O. The van der Waals surface area contributed by atoms with Gasteiger partial charge in [-0.05, 0) is 19.0 Å². The van der Waals surface area contributed by atoms with Crippen molar-refractivity contribution in [3.63, 3.8) is 0 Å². The zero-order chi connectivity index (χ0) is 11.6. The van der Waals surface area contributed by atoms with Crippen LogP contribution in [0.4, 0.5) is 4.79 Å². The summed E-state index contributed by atoms with van der Waals surface area (Å²) < 4.78 is 0. The molecule has 7 nitrogen and oxygen atoms in total. The summed E-state index contributed by atoms with van der Waals surface area (Å²) in [5, 5.41) is 2.46. The summed E-state index contributed by atoms with van der Waals surface area (Å²) in [5.74, 6) is -1.68. The average Bonchev–Trinajstić information content (AvgIpc) is 2.19. The number of nitroso groups, excluding NO2 is 1. The van der Waals surface area contributed by atoms with Gasteiger partial charge in [0, 0.05) is 13.1 Å². The molecule has 0 aromatic rings. The van der Waals surface area contributed by atoms with Gasteiger partial charge in [-0.2, -0.15) is 0 Å². The first-order chi connectivity index (χ1) is 7.08. The van der Waals surface area contributed by atoms with Gasteiger partial charge in [-0.25, -0.2) is 4.79 Å². The maximum absolute atomic E-state index is 11.5. The minimum absolute atomic E-state index is 0.119. The Morgan fingerprint density at radius 2 is 1.47 bits per heavy atom. The zero-order valence-electron chi connectivity index (χ0n) is 8.47. The standard InChI is InChI=1S/C8H11N3O4/c1-3-10-6(12)5(9-15)7(13)11(4-2)8(10)14/h5H,3-4H2,1-2H3. The number of barbiturate groups is 1. The van der Waals surface area contributed by atoms with E-state index in [4.69, 9.17) is 0 Å². The molecule has 1 aliphatic heterocycles. The van der Waals surface area contributed by atoms with Crippen molar-refractivity contribution in [3.05, 3.63) is 4.91 Å². The Hall–Kier alpha value is -1.79. The highest BCUT2D eigenvalue weighted by molar-refractivity contribution is 6.18. The molecular formula is C8H11N3O4. The molecule has 15 heavy (non-hydrogen) atoms. The van der Waals surface area contributed by atoms with Crippen molar-refractivity contribution in [2.24, 2.45) is 5.18 Å². The number of amides is 4. The topological polar surface area (TPSA) is 87.1 Å². The van der Waals surface area contributed by atoms with Crippen LogP contribution >= 0.6 is 0 Å². The lowest BCUT2D eigenvalue weighted by atomic mass is 10.2. The van der Waals surface area contributed by atoms with Crippen molar-refractivity contribution in [1.82, 2.24) is 9.80 Å². The maximum Gasteiger partial charge on any atom is 0.333 e. The first-order valence-corrected chi connectivity index (χ1v) is 4.57. The molecular weight excluding hydrogens is 202 g/mol. The van der Waals surface area contributed by atoms with Crippen molar-refractivity contribution in [2.45, 2.75) is 19.9 Å². The van der Waals surface area contributed by atoms with Gasteiger partial charge in [-0.3, -0.25) is 19.4 Å². The Morgan fingerprint density at radius 1 is 1.07 bits per heavy atom. The summed E-state index contributed by atoms with van der Waals surface area (Å²) in [6.07, 6.45) is 0. The molecule has 0 aliphatic carbocycles. The molecule has 1 saturated heterocycles. The number of carbonyl (C=O) groups is 3. The largest absolute Gasteiger partial charge is 0.333 e. The zero-order valence-corrected chi connectivity index (χ0v) is 8.47. The second-order valence-corrected chi connectivity index (χ2v) is 2.96. The number of carbonyl (C=O) groups excluding carboxylic acids is 3. The summed E-state index contributed by atoms with van der Waals surface area (Å²) in [6.45, 7) is 3.41. The Kier molecular flexibility index (Phi) is 3.13. The van der Waals surface area contributed by atoms with E-state index in [2.05, 4.69) is 5.18 Å². The van der Waals surface area contributed by atoms with Crippen LogP contribution in [0.25, 0.3) is 0 Å². The van der Waals surface area contributed by atoms with Gasteiger partial charge in [0.05, 0.1) is 0 Å². The number of hydrogen-bond donors (Lipinski definition) is 0. The number of nitrogens with zero attached hydrogens (tertiary/aromatic N) is 3. The van der Waals surface area contributed by atoms with Crippen molar-refractivity contribution in [1.29, 1.82) is 0 Å². The molecule has 0 N–H and O–H groups in total. The van der Waals surface area contributed by atoms with E-state index in [1.165, 1.54) is 0 Å². The van der Waals surface area contributed by atoms with Gasteiger partial charge in [-0.1, -0.05) is 0 Å². The smallest absolute Gasteiger partial charge is 0.271 e. The van der Waals surface area contributed by atoms with Gasteiger partial charge in [-0.15, -0.1) is 4.91 Å². The van der Waals surface area contributed by atoms with Crippen molar-refractivity contribution in [3.8, 4) is 0 Å². The van der Waals surface area contributed by atoms with Crippen LogP contribution in [0.15, 0.2) is 5.18 Å². The fourth-order valence-corrected chi connectivity index (χ4v) is 1.41. The second-order valence-electron chi connectivity index (χ2n) is 2.96. The molecule has 1 heterocycles. The number of hydrogen-bond acceptors (Lipinski definition) is 5. The van der Waals surface area contributed by atoms with Gasteiger partial charge in [0.15, 0.2) is 0 Å². The lowest BCUT2D eigenvalue weighted by molar-refractivity contribution is -0.144. The van der Waals surface area contributed by atoms with Crippen LogP contribution in [-0.2, 0) is 9.59 Å². The van der Waals surface area contributed by atoms with Crippen LogP contribution in [0.1, 0.15) is 13.8 Å². The minimum Gasteiger partial charge on any atom is -0.271 e. The van der Waals surface area contributed by atoms with Gasteiger partial charge in [0.25, 0.3) is 11.8 Å². The third-order valence-electron chi connectivity index (χ3n) is 2.20. The van der Waals surface area contributed by atoms with Gasteiger partial charge >= 0.3 is 6.03 Å². The summed E-state index contributed by atoms with van der Waals surface area (Å²) >= 11 is 0. The van der Waals surface area contributed by atoms with Crippen LogP contribution in [0.5, 0.6) is 0 Å². The Bertz CT molecular complexity index is 302. The van der Waals surface area contributed by atoms with E-state index in [0.29, 0.717) is 0 Å². The third-order valence-corrected chi connectivity index (χ3v) is 2.20. The molecule has 0 aromatic carbocycles. The molecule has 1 fully saturated rings. The van der Waals surface area contributed by atoms with E-state index >= 15 is 0 Å². The van der Waals surface area contributed by atoms with Crippen LogP contribution in [0.2, 0.25) is 0 Å². The molecule has 0 unspecified atom stereocenters. The number of imide groups is 2. The normalized spacial score (nSPS) is 18.7. The first-order valence-electron chi connectivity index (χ1n) is 4.57. The van der Waals surface area contributed by atoms with Crippen molar-refractivity contribution >= 4 is 17.8 Å². The van der Waals surface area contributed by atoms with E-state index in [0.717, 1.165) is 9.80 Å². The Labute approximate surface area is 86.0 Å². The summed E-state index contributed by atoms with van der Waals surface area (Å²) in [6, 6.07) is -2.29. The quantitative estimate of drug-likeness (QED) is 0.485. The molecule has 0 saturated carbocycles. The average molecular weight is 213 g/mol. The monoisotopic (exact) mass is 213 g/mol. The number of urea groups is 1. The molecule has 7 heteroatoms. The van der Waals surface area contributed by atoms with Gasteiger partial charge in [0.2, 0.25) is 6.04 Å². The van der Waals surface area contributed by atoms with Crippen LogP contribution < -0.4 is 0 Å². The van der Waals surface area contributed by atoms with E-state index in [1.807, 2.05) is 0 Å². The maximum atomic E-state index is 11.5. The molecule has 4 amide bonds. The lowest BCUT2D eigenvalue weighted by Crippen LogP contribution is -2.61. The lowest BCUT2D eigenvalue weighted by Gasteiger charge is -2.33. The highest BCUT2D eigenvalue weighted by atomic mass is 16.3. The fourth-order valence-electron chi connectivity index (χ4n) is 1.41. The van der Waals surface area contributed by atoms with E-state index in [-0.39, 0.29) is 13.1 Å². The molecule has 1 rings (SSSR count). The molecule has 0 spiro atoms. The van der Waals surface area contributed by atoms with Crippen LogP contribution in [0.3, 0.4) is 0 Å². The summed E-state index contributed by atoms with van der Waals surface area (Å²) in [7, 11) is 0. The Morgan fingerprint density at radius 3 is 1.73 bits per heavy atom. The van der Waals surface area contributed by atoms with Crippen molar-refractivity contribution < 1.29 is 14.4 Å². The molecule has 0 aromatic heterocycles. The summed E-state index contributed by atoms with van der Waals surface area (Å²) in [5.41, 5.74) is 0. The summed E-state index contributed by atoms with van der Waals surface area (Å²) in [4.78, 5) is 46.4. The van der Waals surface area contributed by atoms with Gasteiger partial charge < -0.3 is 0 Å². The van der Waals surface area contributed by atoms with E-state index in [9.17, 15) is 19.3 Å². The molecule has 1 aliphatic rings. The van der Waals surface area contributed by atoms with Crippen LogP contribution in [-0.4, -0.2) is 46.8 Å². The van der Waals surface area contributed by atoms with Crippen LogP contribution in [0, 0.1) is 4.91 Å². The Balaban J connectivity index is 3.08. The first kappa shape index (κ1) is 11.3. The second kappa shape index (κ2) is 4.16. The highest BCUT2D eigenvalue weighted by Crippen LogP contribution is 2.14. The highest BCUT2D eigenvalue weighted by Gasteiger charge is 2.45. The molecule has 82 valence electrons. The predicted octanol–water partition coefficient (Wildman–Crippen LogP) is -0.0480. The minimum atomic E-state index is -1.61. The number of rotatable bonds is 3. The van der Waals surface area contributed by atoms with E-state index < -0.39 is 23.9 Å². The molecule has 0 radical (unpaired) electrons. The fraction of sp³-hybridized carbons (Fsp3) is 0.625. The molecule has 0 atom stereocenters. The third kappa shape index (κ3) is 1.60. The predicted molar refractivity (Wildman–Crippen MR) is 49.8 cm³/mol. The molecule has 0 bridgehead atoms. The number of likely N-dealkylation sites (N-methyl/N-ethyl adjacent to an activating group) is 2. The van der Waals surface area contributed by atoms with Crippen molar-refractivity contribution in [2.75, 3.05) is 13.1 Å². The van der Waals surface area contributed by atoms with E-state index in [1.54, 1.807) is 13.8 Å².